The third-order valence-corrected chi connectivity index (χ3v) is 5.97. The van der Waals surface area contributed by atoms with E-state index >= 15 is 0 Å². The average Bonchev–Trinajstić information content (AvgIpc) is 2.68. The summed E-state index contributed by atoms with van der Waals surface area (Å²) in [6, 6.07) is -3.35. The number of allylic oxidation sites excluding steroid dienone is 1. The lowest BCUT2D eigenvalue weighted by Gasteiger charge is -2.52. The van der Waals surface area contributed by atoms with E-state index in [1.165, 1.54) is 0 Å². The van der Waals surface area contributed by atoms with Gasteiger partial charge in [0.25, 0.3) is 0 Å². The zero-order chi connectivity index (χ0) is 23.2. The number of hydrogen-bond donors (Lipinski definition) is 2. The zero-order valence-corrected chi connectivity index (χ0v) is 19.0. The largest absolute Gasteiger partial charge is 0.544 e. The van der Waals surface area contributed by atoms with Gasteiger partial charge in [0.1, 0.15) is 6.04 Å². The first-order valence-electron chi connectivity index (χ1n) is 11.4. The lowest BCUT2D eigenvalue weighted by molar-refractivity contribution is -0.975. The van der Waals surface area contributed by atoms with Gasteiger partial charge in [-0.25, -0.2) is 9.59 Å². The van der Waals surface area contributed by atoms with Gasteiger partial charge in [-0.3, -0.25) is 4.48 Å². The quantitative estimate of drug-likeness (QED) is 0.186. The van der Waals surface area contributed by atoms with Crippen LogP contribution in [-0.4, -0.2) is 57.3 Å². The predicted molar refractivity (Wildman–Crippen MR) is 115 cm³/mol. The summed E-state index contributed by atoms with van der Waals surface area (Å²) in [5.41, 5.74) is 0. The third-order valence-electron chi connectivity index (χ3n) is 5.97. The maximum atomic E-state index is 12.3. The van der Waals surface area contributed by atoms with Gasteiger partial charge in [-0.1, -0.05) is 39.7 Å². The summed E-state index contributed by atoms with van der Waals surface area (Å²) >= 11 is 0. The Morgan fingerprint density at radius 1 is 0.833 bits per heavy atom. The summed E-state index contributed by atoms with van der Waals surface area (Å²) in [5, 5.41) is 32.4. The van der Waals surface area contributed by atoms with Gasteiger partial charge in [0.15, 0.2) is 12.1 Å². The molecule has 0 heterocycles. The molecular weight excluding hydrogens is 386 g/mol. The number of rotatable bonds is 19. The number of carbonyl (C=O) groups excluding carboxylic acids is 1. The molecule has 0 rings (SSSR count). The Morgan fingerprint density at radius 2 is 1.27 bits per heavy atom. The van der Waals surface area contributed by atoms with Crippen LogP contribution in [0.3, 0.4) is 0 Å². The molecule has 0 saturated heterocycles. The molecule has 7 heteroatoms. The van der Waals surface area contributed by atoms with Crippen LogP contribution in [-0.2, 0) is 14.4 Å². The van der Waals surface area contributed by atoms with Gasteiger partial charge in [0.05, 0.1) is 12.5 Å². The maximum Gasteiger partial charge on any atom is 0.362 e. The zero-order valence-electron chi connectivity index (χ0n) is 19.0. The van der Waals surface area contributed by atoms with Crippen LogP contribution in [0.15, 0.2) is 12.7 Å². The lowest BCUT2D eigenvalue weighted by atomic mass is 9.91. The van der Waals surface area contributed by atoms with Crippen LogP contribution in [0.25, 0.3) is 0 Å². The van der Waals surface area contributed by atoms with Crippen LogP contribution in [0.1, 0.15) is 91.4 Å². The van der Waals surface area contributed by atoms with E-state index in [0.29, 0.717) is 25.7 Å². The molecule has 30 heavy (non-hydrogen) atoms. The first-order valence-corrected chi connectivity index (χ1v) is 11.4. The Morgan fingerprint density at radius 3 is 1.63 bits per heavy atom. The van der Waals surface area contributed by atoms with Crippen LogP contribution in [0.5, 0.6) is 0 Å². The summed E-state index contributed by atoms with van der Waals surface area (Å²) < 4.78 is -0.454. The second-order valence-electron chi connectivity index (χ2n) is 8.12. The van der Waals surface area contributed by atoms with Crippen molar-refractivity contribution in [1.82, 2.24) is 0 Å². The smallest absolute Gasteiger partial charge is 0.362 e. The minimum Gasteiger partial charge on any atom is -0.544 e. The monoisotopic (exact) mass is 427 g/mol. The number of quaternary nitrogens is 1. The number of carbonyl (C=O) groups is 3. The van der Waals surface area contributed by atoms with Crippen molar-refractivity contribution in [3.05, 3.63) is 12.7 Å². The predicted octanol–water partition coefficient (Wildman–Crippen LogP) is 3.36. The highest BCUT2D eigenvalue weighted by atomic mass is 16.4. The van der Waals surface area contributed by atoms with Crippen molar-refractivity contribution in [2.45, 2.75) is 110 Å². The van der Waals surface area contributed by atoms with Gasteiger partial charge < -0.3 is 20.1 Å². The summed E-state index contributed by atoms with van der Waals surface area (Å²) in [6.07, 6.45) is 8.18. The molecule has 0 fully saturated rings. The molecule has 0 bridgehead atoms. The van der Waals surface area contributed by atoms with E-state index in [4.69, 9.17) is 0 Å². The number of carboxylic acids is 3. The molecule has 0 spiro atoms. The molecule has 0 saturated carbocycles. The van der Waals surface area contributed by atoms with E-state index in [2.05, 4.69) is 6.58 Å². The van der Waals surface area contributed by atoms with Crippen LogP contribution >= 0.6 is 0 Å². The van der Waals surface area contributed by atoms with Crippen LogP contribution in [0.4, 0.5) is 0 Å². The molecular formula is C23H41NO6. The number of carboxylic acid groups (broad SMARTS) is 3. The first-order chi connectivity index (χ1) is 14.2. The standard InChI is InChI=1S/C23H41NO6/c1-5-9-10-11-12-13-17-24(18(14-6-2)21(25)26,19(15-7-3)22(27)28)20(16-8-4)23(29)30/h5,18-20H,1,6-17H2,2-4H3,(H2-,25,26,27,28,29,30). The van der Waals surface area contributed by atoms with E-state index in [1.54, 1.807) is 0 Å². The van der Waals surface area contributed by atoms with Crippen LogP contribution < -0.4 is 5.11 Å². The Labute approximate surface area is 181 Å². The topological polar surface area (TPSA) is 115 Å². The van der Waals surface area contributed by atoms with Gasteiger partial charge in [0.2, 0.25) is 0 Å². The maximum absolute atomic E-state index is 12.3. The summed E-state index contributed by atoms with van der Waals surface area (Å²) in [7, 11) is 0. The van der Waals surface area contributed by atoms with E-state index in [9.17, 15) is 29.7 Å². The Kier molecular flexibility index (Phi) is 14.0. The summed E-state index contributed by atoms with van der Waals surface area (Å²) in [4.78, 5) is 36.9. The third kappa shape index (κ3) is 7.74. The molecule has 0 aliphatic rings. The molecule has 3 unspecified atom stereocenters. The minimum atomic E-state index is -1.35. The van der Waals surface area contributed by atoms with Crippen molar-refractivity contribution >= 4 is 17.9 Å². The molecule has 0 aromatic carbocycles. The second-order valence-corrected chi connectivity index (χ2v) is 8.12. The molecule has 0 radical (unpaired) electrons. The van der Waals surface area contributed by atoms with Crippen molar-refractivity contribution in [3.8, 4) is 0 Å². The highest BCUT2D eigenvalue weighted by Crippen LogP contribution is 2.34. The SMILES string of the molecule is C=CCCCCCC[N+](C(CCC)C(=O)[O-])(C(CCC)C(=O)O)C(CCC)C(=O)O. The van der Waals surface area contributed by atoms with E-state index in [1.807, 2.05) is 26.8 Å². The van der Waals surface area contributed by atoms with Gasteiger partial charge >= 0.3 is 11.9 Å². The second kappa shape index (κ2) is 15.0. The van der Waals surface area contributed by atoms with Crippen molar-refractivity contribution in [2.24, 2.45) is 0 Å². The van der Waals surface area contributed by atoms with Gasteiger partial charge in [-0.2, -0.15) is 0 Å². The summed E-state index contributed by atoms with van der Waals surface area (Å²) in [6.45, 7) is 9.41. The molecule has 0 amide bonds. The fourth-order valence-corrected chi connectivity index (χ4v) is 4.66. The van der Waals surface area contributed by atoms with Crippen LogP contribution in [0, 0.1) is 0 Å². The first kappa shape index (κ1) is 28.1. The summed E-state index contributed by atoms with van der Waals surface area (Å²) in [5.74, 6) is -3.62. The number of nitrogens with zero attached hydrogens (tertiary/aromatic N) is 1. The average molecular weight is 428 g/mol. The van der Waals surface area contributed by atoms with Gasteiger partial charge in [-0.05, 0) is 38.5 Å². The van der Waals surface area contributed by atoms with Crippen molar-refractivity contribution in [3.63, 3.8) is 0 Å². The van der Waals surface area contributed by atoms with Crippen LogP contribution in [0.2, 0.25) is 0 Å². The Hall–Kier alpha value is -1.89. The highest BCUT2D eigenvalue weighted by molar-refractivity contribution is 5.77. The molecule has 174 valence electrons. The van der Waals surface area contributed by atoms with Crippen molar-refractivity contribution < 1.29 is 34.2 Å². The van der Waals surface area contributed by atoms with Crippen molar-refractivity contribution in [1.29, 1.82) is 0 Å². The highest BCUT2D eigenvalue weighted by Gasteiger charge is 2.54. The Bertz CT molecular complexity index is 488. The van der Waals surface area contributed by atoms with Gasteiger partial charge in [-0.15, -0.1) is 6.58 Å². The molecule has 0 aliphatic carbocycles. The fourth-order valence-electron chi connectivity index (χ4n) is 4.66. The molecule has 0 aromatic rings. The number of unbranched alkanes of at least 4 members (excludes halogenated alkanes) is 4. The molecule has 0 aliphatic heterocycles. The molecule has 7 nitrogen and oxygen atoms in total. The normalized spacial score (nSPS) is 16.2. The fraction of sp³-hybridized carbons (Fsp3) is 0.783. The van der Waals surface area contributed by atoms with Crippen molar-refractivity contribution in [2.75, 3.05) is 6.54 Å². The number of aliphatic carboxylic acids is 3. The lowest BCUT2D eigenvalue weighted by Crippen LogP contribution is -2.74. The molecule has 2 N–H and O–H groups in total. The van der Waals surface area contributed by atoms with E-state index in [-0.39, 0.29) is 25.8 Å². The molecule has 0 aromatic heterocycles. The molecule has 3 atom stereocenters. The van der Waals surface area contributed by atoms with E-state index < -0.39 is 40.5 Å². The minimum absolute atomic E-state index is 0.194. The van der Waals surface area contributed by atoms with Gasteiger partial charge in [0, 0.05) is 19.3 Å². The number of hydrogen-bond acceptors (Lipinski definition) is 4. The van der Waals surface area contributed by atoms with E-state index in [0.717, 1.165) is 25.7 Å². The Balaban J connectivity index is 6.40.